The van der Waals surface area contributed by atoms with E-state index < -0.39 is 7.37 Å². The Morgan fingerprint density at radius 3 is 1.54 bits per heavy atom. The third-order valence-electron chi connectivity index (χ3n) is 11.1. The molecule has 312 valence electrons. The number of benzene rings is 6. The van der Waals surface area contributed by atoms with Crippen molar-refractivity contribution in [1.82, 2.24) is 24.4 Å². The van der Waals surface area contributed by atoms with E-state index in [9.17, 15) is 9.36 Å². The molecule has 2 N–H and O–H groups in total. The predicted octanol–water partition coefficient (Wildman–Crippen LogP) is 12.3. The first kappa shape index (κ1) is 42.8. The van der Waals surface area contributed by atoms with Crippen LogP contribution in [0.4, 0.5) is 10.5 Å². The van der Waals surface area contributed by atoms with Crippen LogP contribution in [0.2, 0.25) is 0 Å². The molecule has 0 radical (unpaired) electrons. The van der Waals surface area contributed by atoms with E-state index >= 15 is 0 Å². The second-order valence-electron chi connectivity index (χ2n) is 15.4. The zero-order valence-corrected chi connectivity index (χ0v) is 37.5. The first-order chi connectivity index (χ1) is 29.4. The molecule has 0 saturated heterocycles. The van der Waals surface area contributed by atoms with Crippen LogP contribution in [-0.4, -0.2) is 45.5 Å². The Hall–Kier alpha value is -6.28. The largest absolute Gasteiger partial charge is 0.341 e. The minimum absolute atomic E-state index is 0.246. The molecule has 6 aromatic carbocycles. The Labute approximate surface area is 359 Å². The van der Waals surface area contributed by atoms with Crippen molar-refractivity contribution in [1.29, 1.82) is 0 Å². The molecule has 0 spiro atoms. The summed E-state index contributed by atoms with van der Waals surface area (Å²) in [6.07, 6.45) is 0. The van der Waals surface area contributed by atoms with Crippen molar-refractivity contribution < 1.29 is 13.9 Å². The van der Waals surface area contributed by atoms with Crippen LogP contribution in [0.15, 0.2) is 121 Å². The standard InChI is InChI=1S/C26H29N2O2P.C25H26N4O/c1-6-28-25-15-13-20(31(5,29)30-7-2)17-24(25)27-26(28)23-11-9-8-10-22(23)21-14-12-18(3)16-19(21)4;1-5-29-23-13-11-18(27-25(30)26-4)15-22(23)28-24(29)21-9-7-6-8-20(21)19-12-10-16(2)14-17(19)3/h8-17H,6-7H2,1-5H3;6-15H,5H2,1-4H3,(H2,26,27,30). The topological polar surface area (TPSA) is 103 Å². The average Bonchev–Trinajstić information content (AvgIpc) is 3.81. The molecule has 2 amide bonds. The molecule has 2 aromatic heterocycles. The Kier molecular flexibility index (Phi) is 12.7. The van der Waals surface area contributed by atoms with E-state index in [1.54, 1.807) is 13.7 Å². The summed E-state index contributed by atoms with van der Waals surface area (Å²) in [5, 5.41) is 6.10. The number of hydrogen-bond acceptors (Lipinski definition) is 5. The molecule has 0 saturated carbocycles. The molecule has 9 nitrogen and oxygen atoms in total. The first-order valence-electron chi connectivity index (χ1n) is 20.9. The average molecular weight is 831 g/mol. The van der Waals surface area contributed by atoms with Gasteiger partial charge in [0.05, 0.1) is 28.7 Å². The zero-order chi connectivity index (χ0) is 43.4. The first-order valence-corrected chi connectivity index (χ1v) is 23.0. The van der Waals surface area contributed by atoms with E-state index in [1.165, 1.54) is 44.5 Å². The van der Waals surface area contributed by atoms with Gasteiger partial charge in [-0.05, 0) is 118 Å². The molecule has 1 unspecified atom stereocenters. The van der Waals surface area contributed by atoms with Gasteiger partial charge in [-0.25, -0.2) is 14.8 Å². The Bertz CT molecular complexity index is 2950. The molecule has 0 fully saturated rings. The van der Waals surface area contributed by atoms with Gasteiger partial charge in [-0.1, -0.05) is 96.1 Å². The highest BCUT2D eigenvalue weighted by molar-refractivity contribution is 7.66. The molecule has 0 aliphatic carbocycles. The second-order valence-corrected chi connectivity index (χ2v) is 17.9. The molecule has 0 aliphatic heterocycles. The van der Waals surface area contributed by atoms with Crippen LogP contribution in [0, 0.1) is 27.7 Å². The van der Waals surface area contributed by atoms with Crippen LogP contribution in [-0.2, 0) is 22.2 Å². The highest BCUT2D eigenvalue weighted by atomic mass is 31.2. The number of urea groups is 1. The second kappa shape index (κ2) is 18.1. The number of rotatable bonds is 10. The van der Waals surface area contributed by atoms with E-state index in [4.69, 9.17) is 14.5 Å². The number of nitrogens with one attached hydrogen (secondary N) is 2. The fraction of sp³-hybridized carbons (Fsp3) is 0.235. The third-order valence-corrected chi connectivity index (χ3v) is 13.1. The van der Waals surface area contributed by atoms with Gasteiger partial charge in [-0.15, -0.1) is 0 Å². The van der Waals surface area contributed by atoms with Crippen molar-refractivity contribution in [3.8, 4) is 45.0 Å². The molecule has 2 heterocycles. The summed E-state index contributed by atoms with van der Waals surface area (Å²) in [6.45, 7) is 18.3. The fourth-order valence-corrected chi connectivity index (χ4v) is 9.55. The van der Waals surface area contributed by atoms with Gasteiger partial charge < -0.3 is 24.3 Å². The van der Waals surface area contributed by atoms with E-state index in [0.717, 1.165) is 63.6 Å². The maximum atomic E-state index is 12.9. The lowest BCUT2D eigenvalue weighted by molar-refractivity contribution is 0.254. The molecule has 8 aromatic rings. The van der Waals surface area contributed by atoms with Crippen LogP contribution >= 0.6 is 7.37 Å². The maximum Gasteiger partial charge on any atom is 0.318 e. The van der Waals surface area contributed by atoms with E-state index in [2.05, 4.69) is 146 Å². The predicted molar refractivity (Wildman–Crippen MR) is 254 cm³/mol. The minimum atomic E-state index is -2.85. The smallest absolute Gasteiger partial charge is 0.318 e. The van der Waals surface area contributed by atoms with Crippen molar-refractivity contribution in [3.63, 3.8) is 0 Å². The van der Waals surface area contributed by atoms with Gasteiger partial charge in [0.25, 0.3) is 0 Å². The summed E-state index contributed by atoms with van der Waals surface area (Å²) in [5.41, 5.74) is 16.5. The number of imidazole rings is 2. The molecule has 8 rings (SSSR count). The Morgan fingerprint density at radius 1 is 0.607 bits per heavy atom. The van der Waals surface area contributed by atoms with E-state index in [1.807, 2.05) is 43.3 Å². The highest BCUT2D eigenvalue weighted by Gasteiger charge is 2.22. The van der Waals surface area contributed by atoms with Crippen molar-refractivity contribution in [2.75, 3.05) is 25.6 Å². The number of carbonyl (C=O) groups excluding carboxylic acids is 1. The fourth-order valence-electron chi connectivity index (χ4n) is 8.20. The zero-order valence-electron chi connectivity index (χ0n) is 36.6. The number of carbonyl (C=O) groups is 1. The summed E-state index contributed by atoms with van der Waals surface area (Å²) in [6, 6.07) is 41.4. The van der Waals surface area contributed by atoms with Crippen molar-refractivity contribution >= 4 is 46.5 Å². The number of fused-ring (bicyclic) bond motifs is 2. The minimum Gasteiger partial charge on any atom is -0.341 e. The molecular weight excluding hydrogens is 776 g/mol. The number of nitrogens with zero attached hydrogens (tertiary/aromatic N) is 4. The monoisotopic (exact) mass is 830 g/mol. The van der Waals surface area contributed by atoms with Gasteiger partial charge in [0.15, 0.2) is 0 Å². The number of anilines is 1. The summed E-state index contributed by atoms with van der Waals surface area (Å²) in [5.74, 6) is 1.85. The van der Waals surface area contributed by atoms with E-state index in [0.29, 0.717) is 11.9 Å². The number of hydrogen-bond donors (Lipinski definition) is 2. The maximum absolute atomic E-state index is 12.9. The number of aryl methyl sites for hydroxylation is 6. The summed E-state index contributed by atoms with van der Waals surface area (Å²) in [7, 11) is -1.25. The van der Waals surface area contributed by atoms with E-state index in [-0.39, 0.29) is 6.03 Å². The van der Waals surface area contributed by atoms with Gasteiger partial charge in [0.1, 0.15) is 11.6 Å². The van der Waals surface area contributed by atoms with Gasteiger partial charge in [-0.2, -0.15) is 0 Å². The van der Waals surface area contributed by atoms with Gasteiger partial charge in [0.2, 0.25) is 7.37 Å². The lowest BCUT2D eigenvalue weighted by Crippen LogP contribution is -2.24. The van der Waals surface area contributed by atoms with Gasteiger partial charge in [0, 0.05) is 48.9 Å². The lowest BCUT2D eigenvalue weighted by atomic mass is 9.94. The summed E-state index contributed by atoms with van der Waals surface area (Å²) < 4.78 is 22.9. The quantitative estimate of drug-likeness (QED) is 0.134. The molecule has 0 aliphatic rings. The summed E-state index contributed by atoms with van der Waals surface area (Å²) >= 11 is 0. The van der Waals surface area contributed by atoms with Crippen LogP contribution in [0.3, 0.4) is 0 Å². The SMILES string of the molecule is CCOP(C)(=O)c1ccc2c(c1)nc(-c1ccccc1-c1ccc(C)cc1C)n2CC.CCn1c(-c2ccccc2-c2ccc(C)cc2C)nc2cc(NC(=O)NC)ccc21. The summed E-state index contributed by atoms with van der Waals surface area (Å²) in [4.78, 5) is 21.7. The molecular formula is C51H55N6O3P. The third kappa shape index (κ3) is 8.81. The lowest BCUT2D eigenvalue weighted by Gasteiger charge is -2.14. The molecule has 0 bridgehead atoms. The number of amides is 2. The van der Waals surface area contributed by atoms with Crippen molar-refractivity contribution in [2.45, 2.75) is 61.6 Å². The van der Waals surface area contributed by atoms with Crippen LogP contribution in [0.1, 0.15) is 43.0 Å². The van der Waals surface area contributed by atoms with Crippen LogP contribution in [0.5, 0.6) is 0 Å². The Balaban J connectivity index is 0.000000184. The number of aromatic nitrogens is 4. The Morgan fingerprint density at radius 2 is 1.08 bits per heavy atom. The van der Waals surface area contributed by atoms with Crippen molar-refractivity contribution in [2.24, 2.45) is 0 Å². The molecule has 1 atom stereocenters. The normalized spacial score (nSPS) is 12.2. The molecule has 61 heavy (non-hydrogen) atoms. The van der Waals surface area contributed by atoms with Gasteiger partial charge in [-0.3, -0.25) is 4.57 Å². The molecule has 10 heteroatoms. The highest BCUT2D eigenvalue weighted by Crippen LogP contribution is 2.42. The van der Waals surface area contributed by atoms with Gasteiger partial charge >= 0.3 is 6.03 Å². The van der Waals surface area contributed by atoms with Crippen molar-refractivity contribution in [3.05, 3.63) is 144 Å². The van der Waals surface area contributed by atoms with Crippen LogP contribution < -0.4 is 15.9 Å². The van der Waals surface area contributed by atoms with Crippen LogP contribution in [0.25, 0.3) is 67.1 Å².